The first kappa shape index (κ1) is 19.4. The first-order valence-corrected chi connectivity index (χ1v) is 10.2. The van der Waals surface area contributed by atoms with Gasteiger partial charge < -0.3 is 21.3 Å². The summed E-state index contributed by atoms with van der Waals surface area (Å²) in [5.41, 5.74) is 8.53. The highest BCUT2D eigenvalue weighted by molar-refractivity contribution is 7.99. The number of nitrogens with one attached hydrogen (secondary N) is 2. The number of thioether (sulfide) groups is 1. The Morgan fingerprint density at radius 2 is 2.11 bits per heavy atom. The van der Waals surface area contributed by atoms with Crippen LogP contribution in [0.1, 0.15) is 5.69 Å². The number of halogens is 1. The van der Waals surface area contributed by atoms with Gasteiger partial charge in [-0.1, -0.05) is 18.3 Å². The molecule has 0 bridgehead atoms. The van der Waals surface area contributed by atoms with Gasteiger partial charge in [-0.15, -0.1) is 0 Å². The van der Waals surface area contributed by atoms with Crippen molar-refractivity contribution in [1.29, 1.82) is 0 Å². The third-order valence-electron chi connectivity index (χ3n) is 4.07. The van der Waals surface area contributed by atoms with E-state index in [9.17, 15) is 4.39 Å². The fraction of sp³-hybridized carbons (Fsp3) is 0.263. The number of nitrogens with two attached hydrogens (primary N) is 1. The Bertz CT molecular complexity index is 807. The predicted octanol–water partition coefficient (Wildman–Crippen LogP) is 2.95. The quantitative estimate of drug-likeness (QED) is 0.641. The second kappa shape index (κ2) is 9.57. The van der Waals surface area contributed by atoms with E-state index in [0.717, 1.165) is 24.6 Å². The number of benzene rings is 1. The molecule has 4 N–H and O–H groups in total. The van der Waals surface area contributed by atoms with Crippen molar-refractivity contribution < 1.29 is 4.39 Å². The lowest BCUT2D eigenvalue weighted by Gasteiger charge is -2.28. The molecule has 0 atom stereocenters. The number of rotatable bonds is 6. The van der Waals surface area contributed by atoms with Gasteiger partial charge in [-0.25, -0.2) is 4.39 Å². The minimum Gasteiger partial charge on any atom is -0.399 e. The van der Waals surface area contributed by atoms with Gasteiger partial charge in [0.1, 0.15) is 10.8 Å². The number of aromatic nitrogens is 1. The first-order chi connectivity index (χ1) is 13.1. The summed E-state index contributed by atoms with van der Waals surface area (Å²) in [7, 11) is 0. The number of thiocarbonyl (C=S) groups is 1. The van der Waals surface area contributed by atoms with Crippen LogP contribution in [0.4, 0.5) is 15.8 Å². The van der Waals surface area contributed by atoms with E-state index in [1.54, 1.807) is 12.4 Å². The summed E-state index contributed by atoms with van der Waals surface area (Å²) < 4.78 is 14.4. The van der Waals surface area contributed by atoms with Crippen molar-refractivity contribution >= 4 is 40.3 Å². The number of pyridine rings is 1. The molecule has 0 radical (unpaired) electrons. The van der Waals surface area contributed by atoms with E-state index in [2.05, 4.69) is 20.5 Å². The molecule has 8 heteroatoms. The van der Waals surface area contributed by atoms with Gasteiger partial charge in [-0.2, -0.15) is 11.8 Å². The molecule has 1 aliphatic heterocycles. The standard InChI is InChI=1S/C19H22FN5S2/c20-16-11-15(4-5-18(16)25-7-9-27-10-8-25)23-12-14(21)13-24-19(26)17-3-1-2-6-22-17/h1-6,11-12,23H,7-10,13,21H2,(H,24,26)/b14-12-. The number of anilines is 2. The zero-order chi connectivity index (χ0) is 19.1. The van der Waals surface area contributed by atoms with Gasteiger partial charge in [0.15, 0.2) is 0 Å². The van der Waals surface area contributed by atoms with Gasteiger partial charge in [-0.05, 0) is 30.3 Å². The lowest BCUT2D eigenvalue weighted by molar-refractivity contribution is 0.620. The van der Waals surface area contributed by atoms with Gasteiger partial charge >= 0.3 is 0 Å². The molecule has 2 aromatic rings. The molecular weight excluding hydrogens is 381 g/mol. The maximum absolute atomic E-state index is 14.4. The SMILES string of the molecule is N/C(=C\Nc1ccc(N2CCSCC2)c(F)c1)CNC(=S)c1ccccn1. The van der Waals surface area contributed by atoms with Crippen LogP contribution in [0.15, 0.2) is 54.5 Å². The molecule has 3 rings (SSSR count). The highest BCUT2D eigenvalue weighted by Gasteiger charge is 2.15. The largest absolute Gasteiger partial charge is 0.399 e. The van der Waals surface area contributed by atoms with Crippen molar-refractivity contribution in [1.82, 2.24) is 10.3 Å². The average Bonchev–Trinajstić information content (AvgIpc) is 2.72. The fourth-order valence-electron chi connectivity index (χ4n) is 2.65. The molecule has 1 aromatic carbocycles. The van der Waals surface area contributed by atoms with Crippen LogP contribution < -0.4 is 21.3 Å². The minimum absolute atomic E-state index is 0.228. The zero-order valence-corrected chi connectivity index (χ0v) is 16.5. The smallest absolute Gasteiger partial charge is 0.148 e. The van der Waals surface area contributed by atoms with Crippen LogP contribution in [-0.2, 0) is 0 Å². The van der Waals surface area contributed by atoms with Crippen LogP contribution in [0, 0.1) is 5.82 Å². The second-order valence-corrected chi connectivity index (χ2v) is 7.66. The predicted molar refractivity (Wildman–Crippen MR) is 116 cm³/mol. The molecule has 0 aliphatic carbocycles. The normalized spacial score (nSPS) is 14.7. The second-order valence-electron chi connectivity index (χ2n) is 6.03. The molecule has 27 heavy (non-hydrogen) atoms. The van der Waals surface area contributed by atoms with Crippen LogP contribution in [0.25, 0.3) is 0 Å². The van der Waals surface area contributed by atoms with Crippen molar-refractivity contribution in [2.45, 2.75) is 0 Å². The first-order valence-electron chi connectivity index (χ1n) is 8.66. The Morgan fingerprint density at radius 1 is 1.30 bits per heavy atom. The topological polar surface area (TPSA) is 66.2 Å². The van der Waals surface area contributed by atoms with Crippen LogP contribution in [-0.4, -0.2) is 41.1 Å². The summed E-state index contributed by atoms with van der Waals surface area (Å²) in [6.45, 7) is 2.13. The summed E-state index contributed by atoms with van der Waals surface area (Å²) >= 11 is 7.18. The van der Waals surface area contributed by atoms with E-state index in [0.29, 0.717) is 34.3 Å². The number of nitrogens with zero attached hydrogens (tertiary/aromatic N) is 2. The van der Waals surface area contributed by atoms with E-state index in [1.807, 2.05) is 42.1 Å². The van der Waals surface area contributed by atoms with Crippen LogP contribution >= 0.6 is 24.0 Å². The monoisotopic (exact) mass is 403 g/mol. The van der Waals surface area contributed by atoms with Crippen molar-refractivity contribution in [2.75, 3.05) is 41.4 Å². The van der Waals surface area contributed by atoms with Gasteiger partial charge in [-0.3, -0.25) is 4.98 Å². The Labute approximate surface area is 168 Å². The van der Waals surface area contributed by atoms with Crippen LogP contribution in [0.2, 0.25) is 0 Å². The Balaban J connectivity index is 1.53. The van der Waals surface area contributed by atoms with Crippen LogP contribution in [0.5, 0.6) is 0 Å². The summed E-state index contributed by atoms with van der Waals surface area (Å²) in [6, 6.07) is 10.7. The molecule has 1 aromatic heterocycles. The molecule has 1 saturated heterocycles. The molecule has 2 heterocycles. The lowest BCUT2D eigenvalue weighted by Crippen LogP contribution is -2.33. The number of hydrogen-bond donors (Lipinski definition) is 3. The molecule has 5 nitrogen and oxygen atoms in total. The van der Waals surface area contributed by atoms with Gasteiger partial charge in [0.2, 0.25) is 0 Å². The van der Waals surface area contributed by atoms with Crippen molar-refractivity contribution in [3.8, 4) is 0 Å². The highest BCUT2D eigenvalue weighted by Crippen LogP contribution is 2.25. The van der Waals surface area contributed by atoms with Gasteiger partial charge in [0.05, 0.1) is 17.9 Å². The van der Waals surface area contributed by atoms with E-state index < -0.39 is 0 Å². The Hall–Kier alpha value is -2.32. The van der Waals surface area contributed by atoms with Crippen molar-refractivity contribution in [3.05, 3.63) is 66.0 Å². The van der Waals surface area contributed by atoms with Gasteiger partial charge in [0.25, 0.3) is 0 Å². The minimum atomic E-state index is -0.228. The molecule has 0 spiro atoms. The lowest BCUT2D eigenvalue weighted by atomic mass is 10.2. The molecule has 0 unspecified atom stereocenters. The Kier molecular flexibility index (Phi) is 6.89. The summed E-state index contributed by atoms with van der Waals surface area (Å²) in [5, 5.41) is 6.08. The maximum Gasteiger partial charge on any atom is 0.148 e. The molecule has 1 fully saturated rings. The van der Waals surface area contributed by atoms with Crippen LogP contribution in [0.3, 0.4) is 0 Å². The zero-order valence-electron chi connectivity index (χ0n) is 14.8. The Morgan fingerprint density at radius 3 is 2.81 bits per heavy atom. The molecule has 1 aliphatic rings. The summed E-state index contributed by atoms with van der Waals surface area (Å²) in [5.74, 6) is 1.84. The molecular formula is C19H22FN5S2. The fourth-order valence-corrected chi connectivity index (χ4v) is 3.75. The summed E-state index contributed by atoms with van der Waals surface area (Å²) in [6.07, 6.45) is 3.32. The maximum atomic E-state index is 14.4. The van der Waals surface area contributed by atoms with E-state index in [1.165, 1.54) is 6.07 Å². The highest BCUT2D eigenvalue weighted by atomic mass is 32.2. The van der Waals surface area contributed by atoms with Crippen molar-refractivity contribution in [3.63, 3.8) is 0 Å². The van der Waals surface area contributed by atoms with Crippen molar-refractivity contribution in [2.24, 2.45) is 5.73 Å². The average molecular weight is 404 g/mol. The van der Waals surface area contributed by atoms with E-state index in [4.69, 9.17) is 18.0 Å². The number of hydrogen-bond acceptors (Lipinski definition) is 6. The third kappa shape index (κ3) is 5.58. The van der Waals surface area contributed by atoms with E-state index >= 15 is 0 Å². The summed E-state index contributed by atoms with van der Waals surface area (Å²) in [4.78, 5) is 6.80. The van der Waals surface area contributed by atoms with Gasteiger partial charge in [0, 0.05) is 48.4 Å². The molecule has 142 valence electrons. The van der Waals surface area contributed by atoms with E-state index in [-0.39, 0.29) is 5.82 Å². The third-order valence-corrected chi connectivity index (χ3v) is 5.37. The molecule has 0 saturated carbocycles. The molecule has 0 amide bonds.